The van der Waals surface area contributed by atoms with Gasteiger partial charge in [0.05, 0.1) is 16.7 Å². The van der Waals surface area contributed by atoms with Gasteiger partial charge in [0.2, 0.25) is 5.91 Å². The number of para-hydroxylation sites is 1. The first-order valence-electron chi connectivity index (χ1n) is 11.6. The first kappa shape index (κ1) is 20.0. The van der Waals surface area contributed by atoms with E-state index in [0.717, 1.165) is 23.4 Å². The van der Waals surface area contributed by atoms with Crippen molar-refractivity contribution in [3.8, 4) is 0 Å². The molecule has 0 aliphatic heterocycles. The largest absolute Gasteiger partial charge is 0.325 e. The second-order valence-electron chi connectivity index (χ2n) is 10.0. The van der Waals surface area contributed by atoms with Crippen LogP contribution in [0.4, 0.5) is 5.69 Å². The van der Waals surface area contributed by atoms with E-state index in [0.29, 0.717) is 21.5 Å². The van der Waals surface area contributed by atoms with Crippen molar-refractivity contribution < 1.29 is 4.79 Å². The highest BCUT2D eigenvalue weighted by atomic mass is 32.2. The van der Waals surface area contributed by atoms with Crippen LogP contribution in [0.2, 0.25) is 0 Å². The molecule has 1 aromatic heterocycles. The van der Waals surface area contributed by atoms with Crippen LogP contribution in [-0.4, -0.2) is 21.6 Å². The summed E-state index contributed by atoms with van der Waals surface area (Å²) in [5.41, 5.74) is 3.12. The molecule has 0 radical (unpaired) electrons. The van der Waals surface area contributed by atoms with Gasteiger partial charge in [0.15, 0.2) is 5.16 Å². The third kappa shape index (κ3) is 3.64. The topological polar surface area (TPSA) is 74.8 Å². The summed E-state index contributed by atoms with van der Waals surface area (Å²) in [4.78, 5) is 31.9. The molecule has 0 unspecified atom stereocenters. The molecule has 32 heavy (non-hydrogen) atoms. The fraction of sp³-hybridized carbons (Fsp3) is 0.423. The third-order valence-corrected chi connectivity index (χ3v) is 8.62. The molecule has 7 rings (SSSR count). The maximum atomic E-state index is 12.5. The maximum absolute atomic E-state index is 12.5. The number of hydrogen-bond acceptors (Lipinski definition) is 4. The van der Waals surface area contributed by atoms with Gasteiger partial charge in [-0.25, -0.2) is 4.98 Å². The van der Waals surface area contributed by atoms with Crippen LogP contribution in [0.25, 0.3) is 10.9 Å². The molecule has 4 saturated carbocycles. The molecule has 4 aliphatic rings. The van der Waals surface area contributed by atoms with Crippen LogP contribution in [0.15, 0.2) is 58.5 Å². The highest BCUT2D eigenvalue weighted by Gasteiger charge is 2.51. The van der Waals surface area contributed by atoms with Gasteiger partial charge < -0.3 is 10.3 Å². The van der Waals surface area contributed by atoms with E-state index in [1.54, 1.807) is 12.1 Å². The maximum Gasteiger partial charge on any atom is 0.259 e. The number of benzene rings is 2. The number of amides is 1. The van der Waals surface area contributed by atoms with Gasteiger partial charge in [0, 0.05) is 5.69 Å². The first-order chi connectivity index (χ1) is 15.6. The van der Waals surface area contributed by atoms with Crippen LogP contribution in [-0.2, 0) is 10.2 Å². The van der Waals surface area contributed by atoms with Gasteiger partial charge in [-0.3, -0.25) is 9.59 Å². The van der Waals surface area contributed by atoms with Gasteiger partial charge >= 0.3 is 0 Å². The summed E-state index contributed by atoms with van der Waals surface area (Å²) in [6, 6.07) is 15.8. The standard InChI is InChI=1S/C26H27N3O2S/c30-23(15-32-25-28-22-4-2-1-3-21(22)24(31)29-25)27-20-7-5-19(6-8-20)26-12-16-9-17(13-26)11-18(10-16)14-26/h1-8,16-18H,9-15H2,(H,27,30)(H,28,29,31). The third-order valence-electron chi connectivity index (χ3n) is 7.75. The number of carbonyl (C=O) groups is 1. The lowest BCUT2D eigenvalue weighted by Crippen LogP contribution is -2.48. The van der Waals surface area contributed by atoms with Gasteiger partial charge in [0.1, 0.15) is 0 Å². The number of aromatic amines is 1. The Bertz CT molecular complexity index is 1200. The highest BCUT2D eigenvalue weighted by molar-refractivity contribution is 7.99. The summed E-state index contributed by atoms with van der Waals surface area (Å²) >= 11 is 1.24. The summed E-state index contributed by atoms with van der Waals surface area (Å²) in [6.07, 6.45) is 8.38. The van der Waals surface area contributed by atoms with Crippen LogP contribution in [0, 0.1) is 17.8 Å². The Morgan fingerprint density at radius 1 is 1.00 bits per heavy atom. The lowest BCUT2D eigenvalue weighted by Gasteiger charge is -2.57. The van der Waals surface area contributed by atoms with Crippen molar-refractivity contribution in [2.24, 2.45) is 17.8 Å². The van der Waals surface area contributed by atoms with Crippen LogP contribution >= 0.6 is 11.8 Å². The summed E-state index contributed by atoms with van der Waals surface area (Å²) < 4.78 is 0. The number of nitrogens with one attached hydrogen (secondary N) is 2. The fourth-order valence-electron chi connectivity index (χ4n) is 6.84. The molecule has 2 N–H and O–H groups in total. The molecule has 4 bridgehead atoms. The van der Waals surface area contributed by atoms with Crippen LogP contribution in [0.1, 0.15) is 44.1 Å². The number of aromatic nitrogens is 2. The van der Waals surface area contributed by atoms with Crippen molar-refractivity contribution in [1.29, 1.82) is 0 Å². The molecule has 3 aromatic rings. The molecular weight excluding hydrogens is 418 g/mol. The average Bonchev–Trinajstić information content (AvgIpc) is 2.77. The zero-order valence-electron chi connectivity index (χ0n) is 18.0. The number of carbonyl (C=O) groups excluding carboxylic acids is 1. The Hall–Kier alpha value is -2.60. The van der Waals surface area contributed by atoms with Crippen molar-refractivity contribution in [1.82, 2.24) is 9.97 Å². The van der Waals surface area contributed by atoms with E-state index in [2.05, 4.69) is 27.4 Å². The quantitative estimate of drug-likeness (QED) is 0.422. The molecular formula is C26H27N3O2S. The molecule has 4 fully saturated rings. The normalized spacial score (nSPS) is 28.2. The molecule has 164 valence electrons. The molecule has 1 heterocycles. The molecule has 6 heteroatoms. The Labute approximate surface area is 191 Å². The van der Waals surface area contributed by atoms with Crippen LogP contribution < -0.4 is 10.9 Å². The molecule has 0 spiro atoms. The predicted octanol–water partition coefficient (Wildman–Crippen LogP) is 5.12. The number of H-pyrrole nitrogens is 1. The SMILES string of the molecule is O=C(CSc1nc2ccccc2c(=O)[nH]1)Nc1ccc(C23CC4CC(CC(C4)C2)C3)cc1. The first-order valence-corrected chi connectivity index (χ1v) is 12.6. The number of hydrogen-bond donors (Lipinski definition) is 2. The monoisotopic (exact) mass is 445 g/mol. The van der Waals surface area contributed by atoms with Gasteiger partial charge in [-0.05, 0) is 91.5 Å². The Morgan fingerprint density at radius 3 is 2.34 bits per heavy atom. The zero-order valence-corrected chi connectivity index (χ0v) is 18.8. The Balaban J connectivity index is 1.10. The van der Waals surface area contributed by atoms with Crippen molar-refractivity contribution in [3.05, 3.63) is 64.4 Å². The minimum Gasteiger partial charge on any atom is -0.325 e. The van der Waals surface area contributed by atoms with Gasteiger partial charge in [0.25, 0.3) is 5.56 Å². The number of anilines is 1. The summed E-state index contributed by atoms with van der Waals surface area (Å²) in [5, 5.41) is 4.00. The van der Waals surface area contributed by atoms with Crippen molar-refractivity contribution in [3.63, 3.8) is 0 Å². The highest BCUT2D eigenvalue weighted by Crippen LogP contribution is 2.60. The average molecular weight is 446 g/mol. The van der Waals surface area contributed by atoms with Crippen molar-refractivity contribution >= 4 is 34.3 Å². The minimum atomic E-state index is -0.182. The van der Waals surface area contributed by atoms with Gasteiger partial charge in [-0.15, -0.1) is 0 Å². The summed E-state index contributed by atoms with van der Waals surface area (Å²) in [6.45, 7) is 0. The lowest BCUT2D eigenvalue weighted by atomic mass is 9.48. The number of fused-ring (bicyclic) bond motifs is 1. The molecule has 1 amide bonds. The Morgan fingerprint density at radius 2 is 1.66 bits per heavy atom. The Kier molecular flexibility index (Phi) is 4.86. The van der Waals surface area contributed by atoms with Crippen molar-refractivity contribution in [2.45, 2.75) is 49.1 Å². The van der Waals surface area contributed by atoms with Crippen LogP contribution in [0.5, 0.6) is 0 Å². The van der Waals surface area contributed by atoms with E-state index in [9.17, 15) is 9.59 Å². The molecule has 0 saturated heterocycles. The molecule has 0 atom stereocenters. The summed E-state index contributed by atoms with van der Waals surface area (Å²) in [7, 11) is 0. The van der Waals surface area contributed by atoms with E-state index >= 15 is 0 Å². The lowest BCUT2D eigenvalue weighted by molar-refractivity contribution is -0.113. The minimum absolute atomic E-state index is 0.103. The van der Waals surface area contributed by atoms with Gasteiger partial charge in [-0.1, -0.05) is 36.0 Å². The van der Waals surface area contributed by atoms with E-state index in [1.807, 2.05) is 24.3 Å². The number of thioether (sulfide) groups is 1. The van der Waals surface area contributed by atoms with E-state index in [1.165, 1.54) is 55.9 Å². The molecule has 5 nitrogen and oxygen atoms in total. The van der Waals surface area contributed by atoms with Crippen LogP contribution in [0.3, 0.4) is 0 Å². The molecule has 4 aliphatic carbocycles. The van der Waals surface area contributed by atoms with E-state index in [4.69, 9.17) is 0 Å². The number of nitrogens with zero attached hydrogens (tertiary/aromatic N) is 1. The van der Waals surface area contributed by atoms with Crippen molar-refractivity contribution in [2.75, 3.05) is 11.1 Å². The zero-order chi connectivity index (χ0) is 21.7. The van der Waals surface area contributed by atoms with E-state index in [-0.39, 0.29) is 17.2 Å². The number of rotatable bonds is 5. The molecule has 2 aromatic carbocycles. The van der Waals surface area contributed by atoms with E-state index < -0.39 is 0 Å². The predicted molar refractivity (Wildman–Crippen MR) is 128 cm³/mol. The second kappa shape index (κ2) is 7.77. The summed E-state index contributed by atoms with van der Waals surface area (Å²) in [5.74, 6) is 2.86. The van der Waals surface area contributed by atoms with Gasteiger partial charge in [-0.2, -0.15) is 0 Å². The smallest absolute Gasteiger partial charge is 0.259 e. The second-order valence-corrected chi connectivity index (χ2v) is 11.0. The fourth-order valence-corrected chi connectivity index (χ4v) is 7.50.